The maximum absolute atomic E-state index is 12.4. The summed E-state index contributed by atoms with van der Waals surface area (Å²) < 4.78 is 24.0. The lowest BCUT2D eigenvalue weighted by Crippen LogP contribution is -2.54. The zero-order valence-corrected chi connectivity index (χ0v) is 14.8. The number of imide groups is 1. The minimum atomic E-state index is -3.93. The van der Waals surface area contributed by atoms with Crippen molar-refractivity contribution in [1.29, 1.82) is 0 Å². The summed E-state index contributed by atoms with van der Waals surface area (Å²) in [6.45, 7) is -0.299. The van der Waals surface area contributed by atoms with Crippen molar-refractivity contribution in [2.24, 2.45) is 12.2 Å². The molecule has 0 spiro atoms. The fraction of sp³-hybridized carbons (Fsp3) is 0.214. The van der Waals surface area contributed by atoms with Crippen LogP contribution in [-0.2, 0) is 27.4 Å². The molecule has 1 fully saturated rings. The molecule has 1 aliphatic rings. The summed E-state index contributed by atoms with van der Waals surface area (Å²) in [5, 5.41) is 12.1. The first-order valence-electron chi connectivity index (χ1n) is 7.52. The Morgan fingerprint density at radius 1 is 1.33 bits per heavy atom. The smallest absolute Gasteiger partial charge is 0.322 e. The van der Waals surface area contributed by atoms with Gasteiger partial charge in [-0.25, -0.2) is 28.3 Å². The SMILES string of the molecule is Cn1ccnc1C1(CNC(=O)c2ccc(S(N)(=O)=O)cn2)NC(=O)NC1=O. The Balaban J connectivity index is 1.82. The van der Waals surface area contributed by atoms with E-state index in [1.807, 2.05) is 0 Å². The molecule has 0 aliphatic carbocycles. The van der Waals surface area contributed by atoms with Crippen LogP contribution < -0.4 is 21.1 Å². The molecule has 5 N–H and O–H groups in total. The number of nitrogens with two attached hydrogens (primary N) is 1. The lowest BCUT2D eigenvalue weighted by molar-refractivity contribution is -0.124. The van der Waals surface area contributed by atoms with Gasteiger partial charge in [0.25, 0.3) is 11.8 Å². The van der Waals surface area contributed by atoms with Crippen LogP contribution in [0.4, 0.5) is 4.79 Å². The molecule has 12 nitrogen and oxygen atoms in total. The second-order valence-corrected chi connectivity index (χ2v) is 7.34. The molecule has 1 unspecified atom stereocenters. The zero-order chi connectivity index (χ0) is 19.8. The number of pyridine rings is 1. The normalized spacial score (nSPS) is 19.5. The van der Waals surface area contributed by atoms with Gasteiger partial charge in [-0.1, -0.05) is 0 Å². The first-order chi connectivity index (χ1) is 12.6. The topological polar surface area (TPSA) is 178 Å². The summed E-state index contributed by atoms with van der Waals surface area (Å²) in [5.74, 6) is -1.12. The van der Waals surface area contributed by atoms with Gasteiger partial charge in [0.15, 0.2) is 5.54 Å². The molecule has 4 amide bonds. The average Bonchev–Trinajstić information content (AvgIpc) is 3.15. The molecular weight excluding hydrogens is 378 g/mol. The number of sulfonamides is 1. The summed E-state index contributed by atoms with van der Waals surface area (Å²) in [6, 6.07) is 1.60. The Hall–Kier alpha value is -3.32. The lowest BCUT2D eigenvalue weighted by Gasteiger charge is -2.25. The molecule has 2 aromatic heterocycles. The van der Waals surface area contributed by atoms with E-state index in [1.54, 1.807) is 13.2 Å². The van der Waals surface area contributed by atoms with E-state index in [2.05, 4.69) is 25.9 Å². The number of hydrogen-bond donors (Lipinski definition) is 4. The molecule has 142 valence electrons. The van der Waals surface area contributed by atoms with Gasteiger partial charge in [-0.05, 0) is 12.1 Å². The highest BCUT2D eigenvalue weighted by atomic mass is 32.2. The van der Waals surface area contributed by atoms with Gasteiger partial charge in [0.2, 0.25) is 10.0 Å². The quantitative estimate of drug-likeness (QED) is 0.421. The number of carbonyl (C=O) groups excluding carboxylic acids is 3. The third-order valence-corrected chi connectivity index (χ3v) is 4.85. The van der Waals surface area contributed by atoms with Gasteiger partial charge in [0.1, 0.15) is 16.4 Å². The van der Waals surface area contributed by atoms with Gasteiger partial charge in [-0.2, -0.15) is 0 Å². The van der Waals surface area contributed by atoms with Gasteiger partial charge < -0.3 is 15.2 Å². The summed E-state index contributed by atoms with van der Waals surface area (Å²) in [5.41, 5.74) is -1.69. The largest absolute Gasteiger partial charge is 0.347 e. The van der Waals surface area contributed by atoms with Crippen molar-refractivity contribution in [1.82, 2.24) is 30.5 Å². The lowest BCUT2D eigenvalue weighted by atomic mass is 9.98. The minimum absolute atomic E-state index is 0.0953. The second-order valence-electron chi connectivity index (χ2n) is 5.78. The van der Waals surface area contributed by atoms with E-state index in [0.29, 0.717) is 0 Å². The number of hydrogen-bond acceptors (Lipinski definition) is 7. The molecule has 1 saturated heterocycles. The van der Waals surface area contributed by atoms with Crippen LogP contribution >= 0.6 is 0 Å². The fourth-order valence-corrected chi connectivity index (χ4v) is 3.07. The van der Waals surface area contributed by atoms with E-state index in [4.69, 9.17) is 5.14 Å². The maximum Gasteiger partial charge on any atom is 0.322 e. The predicted octanol–water partition coefficient (Wildman–Crippen LogP) is -2.07. The van der Waals surface area contributed by atoms with Crippen molar-refractivity contribution < 1.29 is 22.8 Å². The molecule has 0 saturated carbocycles. The molecule has 0 aromatic carbocycles. The number of carbonyl (C=O) groups is 3. The molecule has 13 heteroatoms. The highest BCUT2D eigenvalue weighted by Crippen LogP contribution is 2.22. The number of nitrogens with one attached hydrogen (secondary N) is 3. The predicted molar refractivity (Wildman–Crippen MR) is 89.5 cm³/mol. The number of urea groups is 1. The Kier molecular flexibility index (Phi) is 4.41. The van der Waals surface area contributed by atoms with Crippen molar-refractivity contribution in [3.05, 3.63) is 42.2 Å². The fourth-order valence-electron chi connectivity index (χ4n) is 2.62. The molecule has 1 atom stereocenters. The van der Waals surface area contributed by atoms with E-state index in [1.165, 1.54) is 16.8 Å². The van der Waals surface area contributed by atoms with E-state index >= 15 is 0 Å². The summed E-state index contributed by atoms with van der Waals surface area (Å²) in [4.78, 5) is 43.9. The first kappa shape index (κ1) is 18.5. The maximum atomic E-state index is 12.4. The van der Waals surface area contributed by atoms with E-state index in [9.17, 15) is 22.8 Å². The number of imidazole rings is 1. The van der Waals surface area contributed by atoms with Crippen LogP contribution in [0.5, 0.6) is 0 Å². The van der Waals surface area contributed by atoms with Crippen molar-refractivity contribution >= 4 is 27.9 Å². The Morgan fingerprint density at radius 3 is 2.56 bits per heavy atom. The summed E-state index contributed by atoms with van der Waals surface area (Å²) >= 11 is 0. The molecule has 3 heterocycles. The van der Waals surface area contributed by atoms with Crippen molar-refractivity contribution in [2.45, 2.75) is 10.4 Å². The van der Waals surface area contributed by atoms with Crippen molar-refractivity contribution in [3.63, 3.8) is 0 Å². The van der Waals surface area contributed by atoms with Crippen LogP contribution in [0.15, 0.2) is 35.6 Å². The number of amides is 4. The number of aryl methyl sites for hydroxylation is 1. The number of aromatic nitrogens is 3. The molecule has 3 rings (SSSR count). The third kappa shape index (κ3) is 3.37. The van der Waals surface area contributed by atoms with Crippen LogP contribution in [0.3, 0.4) is 0 Å². The average molecular weight is 393 g/mol. The van der Waals surface area contributed by atoms with E-state index in [0.717, 1.165) is 12.3 Å². The van der Waals surface area contributed by atoms with Gasteiger partial charge >= 0.3 is 6.03 Å². The Bertz CT molecular complexity index is 1030. The van der Waals surface area contributed by atoms with Crippen molar-refractivity contribution in [3.8, 4) is 0 Å². The van der Waals surface area contributed by atoms with E-state index in [-0.39, 0.29) is 23.0 Å². The van der Waals surface area contributed by atoms with Gasteiger partial charge in [-0.3, -0.25) is 14.9 Å². The third-order valence-electron chi connectivity index (χ3n) is 3.96. The molecular formula is C14H15N7O5S. The van der Waals surface area contributed by atoms with Gasteiger partial charge in [0.05, 0.1) is 6.54 Å². The van der Waals surface area contributed by atoms with Crippen LogP contribution in [0, 0.1) is 0 Å². The molecule has 27 heavy (non-hydrogen) atoms. The highest BCUT2D eigenvalue weighted by Gasteiger charge is 2.50. The van der Waals surface area contributed by atoms with Crippen LogP contribution in [0.2, 0.25) is 0 Å². The van der Waals surface area contributed by atoms with Crippen LogP contribution in [0.25, 0.3) is 0 Å². The number of rotatable bonds is 5. The number of nitrogens with zero attached hydrogens (tertiary/aromatic N) is 3. The monoisotopic (exact) mass is 393 g/mol. The van der Waals surface area contributed by atoms with Crippen molar-refractivity contribution in [2.75, 3.05) is 6.54 Å². The summed E-state index contributed by atoms with van der Waals surface area (Å²) in [7, 11) is -2.30. The Morgan fingerprint density at radius 2 is 2.07 bits per heavy atom. The van der Waals surface area contributed by atoms with E-state index < -0.39 is 33.4 Å². The first-order valence-corrected chi connectivity index (χ1v) is 9.06. The van der Waals surface area contributed by atoms with Crippen LogP contribution in [-0.4, -0.2) is 47.3 Å². The highest BCUT2D eigenvalue weighted by molar-refractivity contribution is 7.89. The number of primary sulfonamides is 1. The van der Waals surface area contributed by atoms with Crippen LogP contribution in [0.1, 0.15) is 16.3 Å². The molecule has 0 radical (unpaired) electrons. The molecule has 0 bridgehead atoms. The zero-order valence-electron chi connectivity index (χ0n) is 14.0. The Labute approximate surface area is 153 Å². The minimum Gasteiger partial charge on any atom is -0.347 e. The standard InChI is InChI=1S/C14H15N7O5S/c1-21-5-4-16-11(21)14(12(23)19-13(24)20-14)7-18-10(22)9-3-2-8(6-17-9)27(15,25)26/h2-6H,7H2,1H3,(H,18,22)(H2,15,25,26)(H2,19,20,23,24). The second kappa shape index (κ2) is 6.44. The van der Waals surface area contributed by atoms with Gasteiger partial charge in [-0.15, -0.1) is 0 Å². The summed E-state index contributed by atoms with van der Waals surface area (Å²) in [6.07, 6.45) is 3.98. The molecule has 1 aliphatic heterocycles. The van der Waals surface area contributed by atoms with Gasteiger partial charge in [0, 0.05) is 25.6 Å². The molecule has 2 aromatic rings.